The van der Waals surface area contributed by atoms with E-state index in [9.17, 15) is 4.79 Å². The molecule has 0 N–H and O–H groups in total. The second-order valence-corrected chi connectivity index (χ2v) is 7.60. The van der Waals surface area contributed by atoms with Crippen LogP contribution in [0.2, 0.25) is 0 Å². The van der Waals surface area contributed by atoms with Crippen LogP contribution in [0.5, 0.6) is 0 Å². The van der Waals surface area contributed by atoms with Crippen LogP contribution in [0, 0.1) is 5.92 Å². The molecule has 2 aliphatic heterocycles. The van der Waals surface area contributed by atoms with Crippen molar-refractivity contribution in [2.45, 2.75) is 25.7 Å². The monoisotopic (exact) mass is 389 g/mol. The summed E-state index contributed by atoms with van der Waals surface area (Å²) in [6, 6.07) is 12.1. The van der Waals surface area contributed by atoms with Crippen molar-refractivity contribution < 1.29 is 4.79 Å². The smallest absolute Gasteiger partial charge is 0.231 e. The maximum absolute atomic E-state index is 13.3. The van der Waals surface area contributed by atoms with Crippen molar-refractivity contribution in [1.29, 1.82) is 0 Å². The Labute approximate surface area is 169 Å². The zero-order valence-corrected chi connectivity index (χ0v) is 16.2. The molecule has 1 atom stereocenters. The fourth-order valence-electron chi connectivity index (χ4n) is 4.31. The number of rotatable bonds is 3. The fourth-order valence-corrected chi connectivity index (χ4v) is 4.31. The predicted molar refractivity (Wildman–Crippen MR) is 109 cm³/mol. The van der Waals surface area contributed by atoms with Crippen LogP contribution >= 0.6 is 0 Å². The Morgan fingerprint density at radius 1 is 1.00 bits per heavy atom. The number of amides is 1. The van der Waals surface area contributed by atoms with Crippen LogP contribution in [-0.4, -0.2) is 50.5 Å². The lowest BCUT2D eigenvalue weighted by Gasteiger charge is -2.37. The summed E-state index contributed by atoms with van der Waals surface area (Å²) in [5, 5.41) is 12.7. The van der Waals surface area contributed by atoms with E-state index in [1.54, 1.807) is 11.0 Å². The number of carbonyl (C=O) groups is 1. The Hall–Kier alpha value is -3.29. The zero-order chi connectivity index (χ0) is 19.6. The van der Waals surface area contributed by atoms with E-state index in [1.165, 1.54) is 11.9 Å². The highest BCUT2D eigenvalue weighted by Gasteiger charge is 2.32. The average Bonchev–Trinajstić information content (AvgIpc) is 3.33. The summed E-state index contributed by atoms with van der Waals surface area (Å²) in [4.78, 5) is 21.4. The van der Waals surface area contributed by atoms with Crippen molar-refractivity contribution in [3.05, 3.63) is 54.6 Å². The van der Waals surface area contributed by atoms with E-state index in [1.807, 2.05) is 23.1 Å². The maximum atomic E-state index is 13.3. The van der Waals surface area contributed by atoms with Crippen LogP contribution < -0.4 is 9.80 Å². The third-order valence-corrected chi connectivity index (χ3v) is 5.76. The van der Waals surface area contributed by atoms with E-state index in [-0.39, 0.29) is 11.8 Å². The molecule has 1 saturated heterocycles. The number of para-hydroxylation sites is 1. The number of nitrogens with zero attached hydrogens (tertiary/aromatic N) is 7. The van der Waals surface area contributed by atoms with Gasteiger partial charge < -0.3 is 9.80 Å². The van der Waals surface area contributed by atoms with Crippen molar-refractivity contribution in [3.63, 3.8) is 0 Å². The zero-order valence-electron chi connectivity index (χ0n) is 16.2. The third-order valence-electron chi connectivity index (χ3n) is 5.76. The molecular formula is C21H23N7O. The summed E-state index contributed by atoms with van der Waals surface area (Å²) in [6.45, 7) is 2.37. The molecule has 0 aliphatic carbocycles. The van der Waals surface area contributed by atoms with E-state index in [4.69, 9.17) is 0 Å². The van der Waals surface area contributed by atoms with Gasteiger partial charge >= 0.3 is 0 Å². The molecule has 0 spiro atoms. The predicted octanol–water partition coefficient (Wildman–Crippen LogP) is 2.25. The summed E-state index contributed by atoms with van der Waals surface area (Å²) in [7, 11) is 0. The lowest BCUT2D eigenvalue weighted by Crippen LogP contribution is -2.46. The second-order valence-electron chi connectivity index (χ2n) is 7.60. The maximum Gasteiger partial charge on any atom is 0.231 e. The molecule has 8 heteroatoms. The van der Waals surface area contributed by atoms with Crippen LogP contribution in [0.25, 0.3) is 5.82 Å². The SMILES string of the molecule is O=C(C1CCCN(c2ccc(-n3cncn3)nn2)C1)N1CCCc2ccccc21. The number of hydrogen-bond donors (Lipinski definition) is 0. The molecule has 1 fully saturated rings. The van der Waals surface area contributed by atoms with Gasteiger partial charge in [-0.15, -0.1) is 10.2 Å². The molecule has 0 radical (unpaired) electrons. The van der Waals surface area contributed by atoms with Gasteiger partial charge in [0.25, 0.3) is 0 Å². The van der Waals surface area contributed by atoms with Crippen molar-refractivity contribution in [1.82, 2.24) is 25.0 Å². The van der Waals surface area contributed by atoms with Crippen LogP contribution in [0.4, 0.5) is 11.5 Å². The lowest BCUT2D eigenvalue weighted by atomic mass is 9.94. The molecule has 29 heavy (non-hydrogen) atoms. The summed E-state index contributed by atoms with van der Waals surface area (Å²) < 4.78 is 1.58. The molecule has 1 amide bonds. The largest absolute Gasteiger partial charge is 0.354 e. The summed E-state index contributed by atoms with van der Waals surface area (Å²) in [5.41, 5.74) is 2.35. The first kappa shape index (κ1) is 17.8. The minimum absolute atomic E-state index is 0.0216. The second kappa shape index (κ2) is 7.62. The van der Waals surface area contributed by atoms with Gasteiger partial charge in [0, 0.05) is 25.3 Å². The molecule has 0 saturated carbocycles. The van der Waals surface area contributed by atoms with Crippen LogP contribution in [-0.2, 0) is 11.2 Å². The van der Waals surface area contributed by atoms with E-state index in [2.05, 4.69) is 43.4 Å². The van der Waals surface area contributed by atoms with Crippen molar-refractivity contribution in [2.75, 3.05) is 29.4 Å². The fraction of sp³-hybridized carbons (Fsp3) is 0.381. The van der Waals surface area contributed by atoms with Gasteiger partial charge in [-0.25, -0.2) is 9.67 Å². The van der Waals surface area contributed by atoms with E-state index in [0.717, 1.165) is 50.3 Å². The first-order chi connectivity index (χ1) is 14.3. The molecule has 5 rings (SSSR count). The number of benzene rings is 1. The summed E-state index contributed by atoms with van der Waals surface area (Å²) >= 11 is 0. The highest BCUT2D eigenvalue weighted by atomic mass is 16.2. The van der Waals surface area contributed by atoms with Gasteiger partial charge in [-0.05, 0) is 49.4 Å². The Kier molecular flexibility index (Phi) is 4.67. The molecule has 0 bridgehead atoms. The van der Waals surface area contributed by atoms with Crippen molar-refractivity contribution >= 4 is 17.4 Å². The number of anilines is 2. The minimum Gasteiger partial charge on any atom is -0.354 e. The van der Waals surface area contributed by atoms with Crippen molar-refractivity contribution in [3.8, 4) is 5.82 Å². The van der Waals surface area contributed by atoms with E-state index < -0.39 is 0 Å². The summed E-state index contributed by atoms with van der Waals surface area (Å²) in [6.07, 6.45) is 7.01. The Morgan fingerprint density at radius 3 is 2.69 bits per heavy atom. The normalized spacial score (nSPS) is 19.1. The molecule has 148 valence electrons. The molecule has 3 aromatic rings. The van der Waals surface area contributed by atoms with E-state index in [0.29, 0.717) is 12.4 Å². The molecule has 1 unspecified atom stereocenters. The number of carbonyl (C=O) groups excluding carboxylic acids is 1. The van der Waals surface area contributed by atoms with Gasteiger partial charge in [0.05, 0.1) is 5.92 Å². The third kappa shape index (κ3) is 3.46. The molecule has 4 heterocycles. The highest BCUT2D eigenvalue weighted by Crippen LogP contribution is 2.30. The standard InChI is InChI=1S/C21H23N7O/c29-21(27-12-4-6-16-5-1-2-8-18(16)27)17-7-3-11-26(13-17)19-9-10-20(25-24-19)28-15-22-14-23-28/h1-2,5,8-10,14-15,17H,3-4,6-7,11-13H2. The van der Waals surface area contributed by atoms with Crippen LogP contribution in [0.15, 0.2) is 49.1 Å². The first-order valence-corrected chi connectivity index (χ1v) is 10.1. The Balaban J connectivity index is 1.31. The van der Waals surface area contributed by atoms with Crippen molar-refractivity contribution in [2.24, 2.45) is 5.92 Å². The number of aryl methyl sites for hydroxylation is 1. The number of aromatic nitrogens is 5. The minimum atomic E-state index is -0.0216. The molecule has 8 nitrogen and oxygen atoms in total. The van der Waals surface area contributed by atoms with Gasteiger partial charge in [0.15, 0.2) is 11.6 Å². The Bertz CT molecular complexity index is 987. The van der Waals surface area contributed by atoms with Gasteiger partial charge in [0.1, 0.15) is 12.7 Å². The topological polar surface area (TPSA) is 80.0 Å². The quantitative estimate of drug-likeness (QED) is 0.684. The van der Waals surface area contributed by atoms with Crippen LogP contribution in [0.1, 0.15) is 24.8 Å². The molecule has 1 aromatic carbocycles. The molecular weight excluding hydrogens is 366 g/mol. The van der Waals surface area contributed by atoms with Gasteiger partial charge in [0.2, 0.25) is 5.91 Å². The number of fused-ring (bicyclic) bond motifs is 1. The lowest BCUT2D eigenvalue weighted by molar-refractivity contribution is -0.122. The van der Waals surface area contributed by atoms with Gasteiger partial charge in [-0.1, -0.05) is 18.2 Å². The van der Waals surface area contributed by atoms with Crippen LogP contribution in [0.3, 0.4) is 0 Å². The van der Waals surface area contributed by atoms with Gasteiger partial charge in [-0.2, -0.15) is 5.10 Å². The summed E-state index contributed by atoms with van der Waals surface area (Å²) in [5.74, 6) is 1.63. The highest BCUT2D eigenvalue weighted by molar-refractivity contribution is 5.96. The van der Waals surface area contributed by atoms with Gasteiger partial charge in [-0.3, -0.25) is 4.79 Å². The number of hydrogen-bond acceptors (Lipinski definition) is 6. The average molecular weight is 389 g/mol. The molecule has 2 aliphatic rings. The van der Waals surface area contributed by atoms with E-state index >= 15 is 0 Å². The first-order valence-electron chi connectivity index (χ1n) is 10.1. The Morgan fingerprint density at radius 2 is 1.86 bits per heavy atom. The molecule has 2 aromatic heterocycles. The number of piperidine rings is 1.